The van der Waals surface area contributed by atoms with Crippen LogP contribution in [0.15, 0.2) is 48.0 Å². The van der Waals surface area contributed by atoms with Gasteiger partial charge in [0.05, 0.1) is 23.5 Å². The molecule has 8 rings (SSSR count). The summed E-state index contributed by atoms with van der Waals surface area (Å²) in [6.07, 6.45) is 6.18. The number of amides is 2. The number of rotatable bonds is 4. The minimum absolute atomic E-state index is 0.0367. The molecule has 4 fully saturated rings. The third-order valence-corrected chi connectivity index (χ3v) is 10.3. The molecule has 3 aliphatic heterocycles. The Bertz CT molecular complexity index is 1400. The van der Waals surface area contributed by atoms with Gasteiger partial charge in [0.25, 0.3) is 5.91 Å². The van der Waals surface area contributed by atoms with Crippen LogP contribution in [0.5, 0.6) is 11.5 Å². The maximum absolute atomic E-state index is 13.7. The normalized spacial score (nSPS) is 36.5. The number of aromatic hydroxyl groups is 1. The number of piperidine rings is 1. The van der Waals surface area contributed by atoms with Gasteiger partial charge in [-0.25, -0.2) is 0 Å². The summed E-state index contributed by atoms with van der Waals surface area (Å²) < 4.78 is 6.58. The quantitative estimate of drug-likeness (QED) is 0.483. The Morgan fingerprint density at radius 3 is 2.66 bits per heavy atom. The number of hydrogen-bond acceptors (Lipinski definition) is 6. The predicted molar refractivity (Wildman–Crippen MR) is 139 cm³/mol. The van der Waals surface area contributed by atoms with Gasteiger partial charge in [0, 0.05) is 23.7 Å². The lowest BCUT2D eigenvalue weighted by molar-refractivity contribution is -0.201. The van der Waals surface area contributed by atoms with Crippen LogP contribution in [0.1, 0.15) is 55.2 Å². The van der Waals surface area contributed by atoms with Crippen molar-refractivity contribution in [2.45, 2.75) is 74.1 Å². The minimum Gasteiger partial charge on any atom is -0.504 e. The van der Waals surface area contributed by atoms with Crippen molar-refractivity contribution in [1.29, 1.82) is 0 Å². The molecular formula is C31H32N2O5. The van der Waals surface area contributed by atoms with E-state index in [0.717, 1.165) is 36.2 Å². The molecule has 38 heavy (non-hydrogen) atoms. The van der Waals surface area contributed by atoms with Crippen molar-refractivity contribution in [3.63, 3.8) is 0 Å². The number of likely N-dealkylation sites (tertiary alicyclic amines) is 2. The van der Waals surface area contributed by atoms with Crippen molar-refractivity contribution < 1.29 is 24.5 Å². The molecule has 6 aliphatic rings. The number of nitrogens with zero attached hydrogens (tertiary/aromatic N) is 2. The monoisotopic (exact) mass is 512 g/mol. The van der Waals surface area contributed by atoms with Gasteiger partial charge < -0.3 is 14.9 Å². The van der Waals surface area contributed by atoms with Crippen molar-refractivity contribution in [2.75, 3.05) is 13.1 Å². The second kappa shape index (κ2) is 7.70. The standard InChI is InChI=1S/C31H32N2O5/c34-23-9-8-20-15-24-31(37)11-10-22(33-25(35)16-21(29(33)36)14-18-4-2-1-3-5-18)28-30(31,26(20)27(23)38-28)12-13-32(24)17-19-6-7-19/h1-5,8-9,14,19,22,24,28,34,37H,6-7,10-13,15-17H2/t22-,24-,28+,30+,31?/m1/s1. The van der Waals surface area contributed by atoms with Gasteiger partial charge in [0.15, 0.2) is 11.5 Å². The summed E-state index contributed by atoms with van der Waals surface area (Å²) in [6.45, 7) is 1.85. The van der Waals surface area contributed by atoms with Crippen LogP contribution in [0.2, 0.25) is 0 Å². The SMILES string of the molecule is O=C1CC(=Cc2ccccc2)C(=O)N1[C@@H]1CCC2(O)[C@H]3Cc4ccc(O)c5c4[C@@]2(CCN3CC2CC2)[C@H]1O5. The predicted octanol–water partition coefficient (Wildman–Crippen LogP) is 3.17. The third kappa shape index (κ3) is 2.86. The first kappa shape index (κ1) is 22.8. The van der Waals surface area contributed by atoms with Crippen LogP contribution in [0.3, 0.4) is 0 Å². The molecule has 5 atom stereocenters. The second-order valence-corrected chi connectivity index (χ2v) is 12.2. The Kier molecular flexibility index (Phi) is 4.62. The molecule has 0 aromatic heterocycles. The number of aliphatic hydroxyl groups is 1. The van der Waals surface area contributed by atoms with Crippen LogP contribution in [-0.2, 0) is 21.4 Å². The van der Waals surface area contributed by atoms with Crippen molar-refractivity contribution >= 4 is 17.9 Å². The Balaban J connectivity index is 1.21. The Hall–Kier alpha value is -3.16. The highest BCUT2D eigenvalue weighted by atomic mass is 16.5. The van der Waals surface area contributed by atoms with Gasteiger partial charge in [-0.3, -0.25) is 19.4 Å². The zero-order valence-corrected chi connectivity index (χ0v) is 21.3. The highest BCUT2D eigenvalue weighted by molar-refractivity contribution is 6.16. The molecule has 3 aliphatic carbocycles. The molecule has 2 aromatic rings. The van der Waals surface area contributed by atoms with E-state index in [1.807, 2.05) is 36.4 Å². The van der Waals surface area contributed by atoms with E-state index in [1.165, 1.54) is 17.7 Å². The van der Waals surface area contributed by atoms with E-state index in [2.05, 4.69) is 4.90 Å². The first-order chi connectivity index (χ1) is 18.4. The molecule has 2 N–H and O–H groups in total. The molecule has 2 amide bonds. The van der Waals surface area contributed by atoms with Crippen molar-refractivity contribution in [1.82, 2.24) is 9.80 Å². The van der Waals surface area contributed by atoms with Crippen LogP contribution in [0.25, 0.3) is 6.08 Å². The minimum atomic E-state index is -1.04. The summed E-state index contributed by atoms with van der Waals surface area (Å²) in [4.78, 5) is 31.0. The summed E-state index contributed by atoms with van der Waals surface area (Å²) in [5.41, 5.74) is 1.60. The molecule has 196 valence electrons. The van der Waals surface area contributed by atoms with E-state index in [4.69, 9.17) is 4.74 Å². The van der Waals surface area contributed by atoms with Gasteiger partial charge in [0.2, 0.25) is 5.91 Å². The van der Waals surface area contributed by atoms with Gasteiger partial charge in [0.1, 0.15) is 6.10 Å². The number of phenols is 1. The first-order valence-electron chi connectivity index (χ1n) is 14.0. The number of phenolic OH excluding ortho intramolecular Hbond substituents is 1. The van der Waals surface area contributed by atoms with Crippen molar-refractivity contribution in [3.8, 4) is 11.5 Å². The molecule has 7 heteroatoms. The summed E-state index contributed by atoms with van der Waals surface area (Å²) >= 11 is 0. The molecule has 3 heterocycles. The number of imide groups is 1. The van der Waals surface area contributed by atoms with Crippen LogP contribution < -0.4 is 4.74 Å². The molecule has 1 spiro atoms. The van der Waals surface area contributed by atoms with Crippen LogP contribution in [0.4, 0.5) is 0 Å². The molecule has 0 radical (unpaired) electrons. The summed E-state index contributed by atoms with van der Waals surface area (Å²) in [6, 6.07) is 12.7. The highest BCUT2D eigenvalue weighted by Gasteiger charge is 2.74. The lowest BCUT2D eigenvalue weighted by Gasteiger charge is -2.64. The topological polar surface area (TPSA) is 90.3 Å². The molecule has 2 aromatic carbocycles. The molecule has 2 saturated heterocycles. The van der Waals surface area contributed by atoms with Crippen LogP contribution >= 0.6 is 0 Å². The van der Waals surface area contributed by atoms with Crippen molar-refractivity contribution in [3.05, 3.63) is 64.7 Å². The van der Waals surface area contributed by atoms with E-state index in [-0.39, 0.29) is 30.0 Å². The maximum Gasteiger partial charge on any atom is 0.257 e. The fourth-order valence-corrected chi connectivity index (χ4v) is 8.51. The number of benzene rings is 2. The van der Waals surface area contributed by atoms with Gasteiger partial charge in [-0.1, -0.05) is 36.4 Å². The summed E-state index contributed by atoms with van der Waals surface area (Å²) in [5.74, 6) is 0.730. The molecule has 7 nitrogen and oxygen atoms in total. The number of carbonyl (C=O) groups excluding carboxylic acids is 2. The van der Waals surface area contributed by atoms with Gasteiger partial charge in [-0.15, -0.1) is 0 Å². The van der Waals surface area contributed by atoms with E-state index in [1.54, 1.807) is 12.1 Å². The molecule has 2 saturated carbocycles. The lowest BCUT2D eigenvalue weighted by atomic mass is 9.48. The average Bonchev–Trinajstić information content (AvgIpc) is 3.59. The van der Waals surface area contributed by atoms with Crippen molar-refractivity contribution in [2.24, 2.45) is 5.92 Å². The third-order valence-electron chi connectivity index (χ3n) is 10.3. The Morgan fingerprint density at radius 1 is 1.05 bits per heavy atom. The number of ether oxygens (including phenoxy) is 1. The Morgan fingerprint density at radius 2 is 1.87 bits per heavy atom. The largest absolute Gasteiger partial charge is 0.504 e. The fraction of sp³-hybridized carbons (Fsp3) is 0.484. The lowest BCUT2D eigenvalue weighted by Crippen LogP contribution is -2.78. The van der Waals surface area contributed by atoms with Crippen LogP contribution in [-0.4, -0.2) is 68.7 Å². The zero-order chi connectivity index (χ0) is 25.8. The number of hydrogen-bond donors (Lipinski definition) is 2. The number of carbonyl (C=O) groups is 2. The smallest absolute Gasteiger partial charge is 0.257 e. The van der Waals surface area contributed by atoms with E-state index in [9.17, 15) is 19.8 Å². The fourth-order valence-electron chi connectivity index (χ4n) is 8.51. The van der Waals surface area contributed by atoms with Gasteiger partial charge in [-0.2, -0.15) is 0 Å². The highest BCUT2D eigenvalue weighted by Crippen LogP contribution is 2.66. The second-order valence-electron chi connectivity index (χ2n) is 12.2. The van der Waals surface area contributed by atoms with Gasteiger partial charge in [-0.05, 0) is 74.3 Å². The zero-order valence-electron chi connectivity index (χ0n) is 21.3. The summed E-state index contributed by atoms with van der Waals surface area (Å²) in [5, 5.41) is 23.5. The average molecular weight is 513 g/mol. The van der Waals surface area contributed by atoms with Crippen LogP contribution in [0, 0.1) is 5.92 Å². The van der Waals surface area contributed by atoms with Gasteiger partial charge >= 0.3 is 0 Å². The van der Waals surface area contributed by atoms with E-state index < -0.39 is 23.2 Å². The van der Waals surface area contributed by atoms with E-state index >= 15 is 0 Å². The van der Waals surface area contributed by atoms with E-state index in [0.29, 0.717) is 36.5 Å². The molecule has 2 bridgehead atoms. The first-order valence-corrected chi connectivity index (χ1v) is 14.0. The maximum atomic E-state index is 13.7. The molecule has 1 unspecified atom stereocenters. The molecular weight excluding hydrogens is 480 g/mol. The Labute approximate surface area is 221 Å². The summed E-state index contributed by atoms with van der Waals surface area (Å²) in [7, 11) is 0.